The predicted molar refractivity (Wildman–Crippen MR) is 135 cm³/mol. The number of rotatable bonds is 10. The predicted octanol–water partition coefficient (Wildman–Crippen LogP) is -3.09. The topological polar surface area (TPSA) is 231 Å². The summed E-state index contributed by atoms with van der Waals surface area (Å²) in [5.74, 6) is -0.482. The van der Waals surface area contributed by atoms with Crippen LogP contribution < -0.4 is 40.5 Å². The van der Waals surface area contributed by atoms with Gasteiger partial charge < -0.3 is 25.6 Å². The zero-order valence-electron chi connectivity index (χ0n) is 21.8. The Morgan fingerprint density at radius 3 is 1.24 bits per heavy atom. The minimum absolute atomic E-state index is 0. The molecule has 0 aliphatic rings. The summed E-state index contributed by atoms with van der Waals surface area (Å²) in [7, 11) is -3.67. The van der Waals surface area contributed by atoms with Gasteiger partial charge >= 0.3 is 43.8 Å². The van der Waals surface area contributed by atoms with Gasteiger partial charge in [-0.1, -0.05) is 39.8 Å². The average molecular weight is 542 g/mol. The Morgan fingerprint density at radius 2 is 1.03 bits per heavy atom. The molecule has 0 spiro atoms. The summed E-state index contributed by atoms with van der Waals surface area (Å²) in [6.45, 7) is 6.96. The molecular formula is C22H29B2N2NaO11. The van der Waals surface area contributed by atoms with Crippen LogP contribution in [0.3, 0.4) is 0 Å². The molecule has 200 valence electrons. The van der Waals surface area contributed by atoms with Crippen molar-refractivity contribution >= 4 is 48.1 Å². The molecular weight excluding hydrogens is 513 g/mol. The molecule has 13 nitrogen and oxygen atoms in total. The molecule has 2 aromatic rings. The van der Waals surface area contributed by atoms with Crippen LogP contribution in [-0.2, 0) is 22.4 Å². The van der Waals surface area contributed by atoms with E-state index in [1.54, 1.807) is 27.7 Å². The number of Topliss-reactive ketones (excluding diaryl/α,β-unsaturated/α-hetero) is 2. The molecule has 0 saturated heterocycles. The number of nitro groups is 2. The summed E-state index contributed by atoms with van der Waals surface area (Å²) in [6.07, 6.45) is 0.0607. The van der Waals surface area contributed by atoms with Crippen molar-refractivity contribution in [3.05, 3.63) is 67.8 Å². The number of carbonyl (C=O) groups is 2. The van der Waals surface area contributed by atoms with E-state index in [1.165, 1.54) is 24.3 Å². The molecule has 0 fully saturated rings. The first-order chi connectivity index (χ1) is 16.6. The van der Waals surface area contributed by atoms with Crippen molar-refractivity contribution in [3.8, 4) is 0 Å². The SMILES string of the molecule is CC(C)C(=O)Cc1ccc([N+](=O)[O-])cc1B(O)O.CC(C)C(=O)Cc1ccc([N+](=O)[O-])cc1B(O)O.[Na+].[OH-]. The Morgan fingerprint density at radius 1 is 0.737 bits per heavy atom. The fourth-order valence-electron chi connectivity index (χ4n) is 2.98. The van der Waals surface area contributed by atoms with Gasteiger partial charge in [0.25, 0.3) is 11.4 Å². The minimum Gasteiger partial charge on any atom is -0.870 e. The van der Waals surface area contributed by atoms with Gasteiger partial charge in [-0.15, -0.1) is 0 Å². The van der Waals surface area contributed by atoms with Crippen LogP contribution in [-0.4, -0.2) is 61.2 Å². The van der Waals surface area contributed by atoms with Crippen LogP contribution in [0.4, 0.5) is 11.4 Å². The first kappa shape index (κ1) is 37.7. The minimum atomic E-state index is -1.83. The van der Waals surface area contributed by atoms with Crippen molar-refractivity contribution in [2.45, 2.75) is 40.5 Å². The summed E-state index contributed by atoms with van der Waals surface area (Å²) >= 11 is 0. The second-order valence-electron chi connectivity index (χ2n) is 8.62. The molecule has 0 saturated carbocycles. The number of nitro benzene ring substituents is 2. The smallest absolute Gasteiger partial charge is 0.870 e. The first-order valence-corrected chi connectivity index (χ1v) is 11.0. The molecule has 0 radical (unpaired) electrons. The molecule has 38 heavy (non-hydrogen) atoms. The summed E-state index contributed by atoms with van der Waals surface area (Å²) in [4.78, 5) is 43.2. The van der Waals surface area contributed by atoms with Crippen LogP contribution in [0.1, 0.15) is 38.8 Å². The second-order valence-corrected chi connectivity index (χ2v) is 8.62. The molecule has 0 aliphatic heterocycles. The van der Waals surface area contributed by atoms with Gasteiger partial charge in [-0.3, -0.25) is 29.8 Å². The quantitative estimate of drug-likeness (QED) is 0.134. The van der Waals surface area contributed by atoms with Gasteiger partial charge in [0, 0.05) is 48.9 Å². The number of benzene rings is 2. The van der Waals surface area contributed by atoms with Crippen molar-refractivity contribution < 1.29 is 74.6 Å². The van der Waals surface area contributed by atoms with E-state index in [9.17, 15) is 49.9 Å². The Hall–Kier alpha value is -2.49. The number of nitrogens with zero attached hydrogens (tertiary/aromatic N) is 2. The van der Waals surface area contributed by atoms with Crippen molar-refractivity contribution in [2.75, 3.05) is 0 Å². The fourth-order valence-corrected chi connectivity index (χ4v) is 2.98. The number of ketones is 2. The van der Waals surface area contributed by atoms with E-state index < -0.39 is 24.1 Å². The molecule has 5 N–H and O–H groups in total. The van der Waals surface area contributed by atoms with Crippen molar-refractivity contribution in [1.82, 2.24) is 0 Å². The molecule has 0 unspecified atom stereocenters. The maximum Gasteiger partial charge on any atom is 1.00 e. The van der Waals surface area contributed by atoms with Crippen molar-refractivity contribution in [2.24, 2.45) is 11.8 Å². The van der Waals surface area contributed by atoms with Gasteiger partial charge in [-0.25, -0.2) is 0 Å². The van der Waals surface area contributed by atoms with Gasteiger partial charge in [0.05, 0.1) is 9.85 Å². The van der Waals surface area contributed by atoms with Gasteiger partial charge in [0.15, 0.2) is 0 Å². The molecule has 0 atom stereocenters. The van der Waals surface area contributed by atoms with E-state index in [0.717, 1.165) is 12.1 Å². The van der Waals surface area contributed by atoms with Crippen LogP contribution in [0.15, 0.2) is 36.4 Å². The molecule has 2 aromatic carbocycles. The number of hydrogen-bond acceptors (Lipinski definition) is 11. The summed E-state index contributed by atoms with van der Waals surface area (Å²) in [6, 6.07) is 7.41. The van der Waals surface area contributed by atoms with Crippen LogP contribution >= 0.6 is 0 Å². The van der Waals surface area contributed by atoms with E-state index in [-0.39, 0.29) is 93.6 Å². The van der Waals surface area contributed by atoms with E-state index in [4.69, 9.17) is 0 Å². The third-order valence-electron chi connectivity index (χ3n) is 5.25. The fraction of sp³-hybridized carbons (Fsp3) is 0.364. The molecule has 0 aliphatic carbocycles. The second kappa shape index (κ2) is 17.2. The largest absolute Gasteiger partial charge is 1.00 e. The van der Waals surface area contributed by atoms with Gasteiger partial charge in [-0.05, 0) is 22.1 Å². The van der Waals surface area contributed by atoms with Gasteiger partial charge in [-0.2, -0.15) is 0 Å². The summed E-state index contributed by atoms with van der Waals surface area (Å²) < 4.78 is 0. The first-order valence-electron chi connectivity index (χ1n) is 11.0. The normalized spacial score (nSPS) is 9.95. The van der Waals surface area contributed by atoms with Gasteiger partial charge in [0.1, 0.15) is 11.6 Å². The van der Waals surface area contributed by atoms with Crippen LogP contribution in [0.2, 0.25) is 0 Å². The Labute approximate surface area is 242 Å². The van der Waals surface area contributed by atoms with Crippen LogP contribution in [0, 0.1) is 32.1 Å². The molecule has 0 amide bonds. The Balaban J connectivity index is 0. The summed E-state index contributed by atoms with van der Waals surface area (Å²) in [5, 5.41) is 57.9. The van der Waals surface area contributed by atoms with E-state index in [2.05, 4.69) is 0 Å². The van der Waals surface area contributed by atoms with E-state index >= 15 is 0 Å². The molecule has 2 rings (SSSR count). The van der Waals surface area contributed by atoms with Crippen LogP contribution in [0.25, 0.3) is 0 Å². The zero-order chi connectivity index (χ0) is 27.7. The molecule has 0 bridgehead atoms. The van der Waals surface area contributed by atoms with Crippen molar-refractivity contribution in [1.29, 1.82) is 0 Å². The third-order valence-corrected chi connectivity index (χ3v) is 5.25. The monoisotopic (exact) mass is 542 g/mol. The maximum absolute atomic E-state index is 11.6. The maximum atomic E-state index is 11.6. The molecule has 0 heterocycles. The number of hydrogen-bond donors (Lipinski definition) is 4. The number of non-ortho nitro benzene ring substituents is 2. The molecule has 16 heteroatoms. The van der Waals surface area contributed by atoms with Crippen molar-refractivity contribution in [3.63, 3.8) is 0 Å². The third kappa shape index (κ3) is 11.5. The Kier molecular flexibility index (Phi) is 17.0. The summed E-state index contributed by atoms with van der Waals surface area (Å²) in [5.41, 5.74) is 0.317. The number of carbonyl (C=O) groups excluding carboxylic acids is 2. The molecule has 0 aromatic heterocycles. The standard InChI is InChI=1S/2C11H14BNO5.Na.H2O/c2*1-7(2)11(14)5-8-3-4-9(13(17)18)6-10(8)12(15)16;;/h2*3-4,6-7,15-16H,5H2,1-2H3;;1H2/q;;+1;/p-1. The Bertz CT molecular complexity index is 1040. The van der Waals surface area contributed by atoms with Gasteiger partial charge in [0.2, 0.25) is 0 Å². The van der Waals surface area contributed by atoms with E-state index in [0.29, 0.717) is 11.1 Å². The average Bonchev–Trinajstić information content (AvgIpc) is 2.79. The van der Waals surface area contributed by atoms with Crippen LogP contribution in [0.5, 0.6) is 0 Å². The zero-order valence-corrected chi connectivity index (χ0v) is 23.8. The van der Waals surface area contributed by atoms with E-state index in [1.807, 2.05) is 0 Å².